The number of likely N-dealkylation sites (tertiary alicyclic amines) is 1. The highest BCUT2D eigenvalue weighted by Crippen LogP contribution is 2.29. The van der Waals surface area contributed by atoms with Gasteiger partial charge < -0.3 is 5.32 Å². The Morgan fingerprint density at radius 1 is 1.00 bits per heavy atom. The molecular formula is C22H26N2O. The minimum atomic E-state index is 0.0365. The quantitative estimate of drug-likeness (QED) is 0.913. The fraction of sp³-hybridized carbons (Fsp3) is 0.409. The summed E-state index contributed by atoms with van der Waals surface area (Å²) in [6.45, 7) is 3.39. The lowest BCUT2D eigenvalue weighted by atomic mass is 9.87. The summed E-state index contributed by atoms with van der Waals surface area (Å²) in [5.74, 6) is 0.0365. The van der Waals surface area contributed by atoms with Gasteiger partial charge in [0.1, 0.15) is 0 Å². The van der Waals surface area contributed by atoms with Crippen molar-refractivity contribution in [2.24, 2.45) is 0 Å². The molecule has 1 aliphatic carbocycles. The third-order valence-electron chi connectivity index (χ3n) is 5.50. The smallest absolute Gasteiger partial charge is 0.251 e. The lowest BCUT2D eigenvalue weighted by Gasteiger charge is -2.26. The van der Waals surface area contributed by atoms with Gasteiger partial charge in [-0.05, 0) is 74.0 Å². The number of benzene rings is 2. The fourth-order valence-electron chi connectivity index (χ4n) is 4.11. The highest BCUT2D eigenvalue weighted by molar-refractivity contribution is 5.94. The van der Waals surface area contributed by atoms with E-state index in [0.717, 1.165) is 31.4 Å². The average molecular weight is 334 g/mol. The molecule has 0 saturated carbocycles. The normalized spacial score (nSPS) is 20.2. The molecule has 1 fully saturated rings. The number of carbonyl (C=O) groups excluding carboxylic acids is 1. The Balaban J connectivity index is 1.41. The molecule has 1 amide bonds. The van der Waals surface area contributed by atoms with Crippen LogP contribution in [0.1, 0.15) is 58.8 Å². The molecular weight excluding hydrogens is 308 g/mol. The minimum Gasteiger partial charge on any atom is -0.345 e. The number of aryl methyl sites for hydroxylation is 1. The van der Waals surface area contributed by atoms with Crippen molar-refractivity contribution in [3.63, 3.8) is 0 Å². The van der Waals surface area contributed by atoms with Crippen LogP contribution in [0.3, 0.4) is 0 Å². The van der Waals surface area contributed by atoms with Gasteiger partial charge in [-0.15, -0.1) is 0 Å². The topological polar surface area (TPSA) is 32.3 Å². The molecule has 3 nitrogen and oxygen atoms in total. The first-order chi connectivity index (χ1) is 12.3. The highest BCUT2D eigenvalue weighted by Gasteiger charge is 2.21. The van der Waals surface area contributed by atoms with Gasteiger partial charge in [0, 0.05) is 12.1 Å². The number of fused-ring (bicyclic) bond motifs is 1. The van der Waals surface area contributed by atoms with Crippen LogP contribution in [-0.4, -0.2) is 23.9 Å². The van der Waals surface area contributed by atoms with Gasteiger partial charge in [-0.2, -0.15) is 0 Å². The van der Waals surface area contributed by atoms with Gasteiger partial charge in [-0.3, -0.25) is 9.69 Å². The Kier molecular flexibility index (Phi) is 4.84. The summed E-state index contributed by atoms with van der Waals surface area (Å²) in [6.07, 6.45) is 5.90. The number of carbonyl (C=O) groups is 1. The molecule has 3 heteroatoms. The van der Waals surface area contributed by atoms with Gasteiger partial charge in [-0.25, -0.2) is 0 Å². The van der Waals surface area contributed by atoms with Gasteiger partial charge in [0.15, 0.2) is 0 Å². The molecule has 1 heterocycles. The Hall–Kier alpha value is -2.13. The lowest BCUT2D eigenvalue weighted by molar-refractivity contribution is 0.0932. The third-order valence-corrected chi connectivity index (χ3v) is 5.50. The number of amides is 1. The van der Waals surface area contributed by atoms with Crippen LogP contribution in [0.15, 0.2) is 48.5 Å². The molecule has 0 bridgehead atoms. The number of rotatable bonds is 4. The van der Waals surface area contributed by atoms with E-state index in [2.05, 4.69) is 46.6 Å². The summed E-state index contributed by atoms with van der Waals surface area (Å²) >= 11 is 0. The second-order valence-corrected chi connectivity index (χ2v) is 7.30. The van der Waals surface area contributed by atoms with E-state index in [1.807, 2.05) is 12.1 Å². The summed E-state index contributed by atoms with van der Waals surface area (Å²) in [6, 6.07) is 16.8. The first-order valence-corrected chi connectivity index (χ1v) is 9.49. The number of nitrogens with one attached hydrogen (secondary N) is 1. The molecule has 130 valence electrons. The van der Waals surface area contributed by atoms with Crippen molar-refractivity contribution in [2.45, 2.75) is 44.7 Å². The summed E-state index contributed by atoms with van der Waals surface area (Å²) in [5.41, 5.74) is 4.71. The zero-order valence-electron chi connectivity index (χ0n) is 14.7. The van der Waals surface area contributed by atoms with Gasteiger partial charge in [0.05, 0.1) is 6.04 Å². The molecule has 2 aromatic carbocycles. The third kappa shape index (κ3) is 3.77. The Morgan fingerprint density at radius 3 is 2.56 bits per heavy atom. The lowest BCUT2D eigenvalue weighted by Crippen LogP contribution is -2.31. The largest absolute Gasteiger partial charge is 0.345 e. The SMILES string of the molecule is O=C(N[C@H]1CCCc2ccccc21)c1ccc(CN2CCCC2)cc1. The van der Waals surface area contributed by atoms with E-state index in [1.54, 1.807) is 0 Å². The van der Waals surface area contributed by atoms with Gasteiger partial charge in [0.2, 0.25) is 0 Å². The molecule has 1 saturated heterocycles. The molecule has 4 rings (SSSR count). The minimum absolute atomic E-state index is 0.0365. The van der Waals surface area contributed by atoms with E-state index in [0.29, 0.717) is 0 Å². The molecule has 1 N–H and O–H groups in total. The zero-order valence-corrected chi connectivity index (χ0v) is 14.7. The summed E-state index contributed by atoms with van der Waals surface area (Å²) in [7, 11) is 0. The summed E-state index contributed by atoms with van der Waals surface area (Å²) in [4.78, 5) is 15.1. The van der Waals surface area contributed by atoms with E-state index in [4.69, 9.17) is 0 Å². The molecule has 0 radical (unpaired) electrons. The molecule has 0 aromatic heterocycles. The predicted molar refractivity (Wildman–Crippen MR) is 101 cm³/mol. The zero-order chi connectivity index (χ0) is 17.1. The molecule has 1 atom stereocenters. The second kappa shape index (κ2) is 7.40. The Morgan fingerprint density at radius 2 is 1.76 bits per heavy atom. The molecule has 2 aromatic rings. The fourth-order valence-corrected chi connectivity index (χ4v) is 4.11. The molecule has 0 spiro atoms. The van der Waals surface area contributed by atoms with Crippen molar-refractivity contribution >= 4 is 5.91 Å². The van der Waals surface area contributed by atoms with Crippen molar-refractivity contribution in [1.82, 2.24) is 10.2 Å². The second-order valence-electron chi connectivity index (χ2n) is 7.30. The maximum Gasteiger partial charge on any atom is 0.251 e. The van der Waals surface area contributed by atoms with Crippen LogP contribution in [0.2, 0.25) is 0 Å². The van der Waals surface area contributed by atoms with E-state index in [-0.39, 0.29) is 11.9 Å². The van der Waals surface area contributed by atoms with Crippen LogP contribution in [-0.2, 0) is 13.0 Å². The Labute approximate surface area is 150 Å². The first kappa shape index (κ1) is 16.3. The number of nitrogens with zero attached hydrogens (tertiary/aromatic N) is 1. The van der Waals surface area contributed by atoms with Crippen LogP contribution in [0.25, 0.3) is 0 Å². The van der Waals surface area contributed by atoms with Crippen molar-refractivity contribution in [1.29, 1.82) is 0 Å². The number of hydrogen-bond donors (Lipinski definition) is 1. The monoisotopic (exact) mass is 334 g/mol. The summed E-state index contributed by atoms with van der Waals surface area (Å²) in [5, 5.41) is 3.23. The molecule has 1 aliphatic heterocycles. The standard InChI is InChI=1S/C22H26N2O/c25-22(23-21-9-5-7-18-6-1-2-8-20(18)21)19-12-10-17(11-13-19)16-24-14-3-4-15-24/h1-2,6,8,10-13,21H,3-5,7,9,14-16H2,(H,23,25)/t21-/m0/s1. The van der Waals surface area contributed by atoms with E-state index >= 15 is 0 Å². The first-order valence-electron chi connectivity index (χ1n) is 9.49. The van der Waals surface area contributed by atoms with Crippen LogP contribution < -0.4 is 5.32 Å². The maximum atomic E-state index is 12.7. The van der Waals surface area contributed by atoms with E-state index in [1.165, 1.54) is 42.6 Å². The summed E-state index contributed by atoms with van der Waals surface area (Å²) < 4.78 is 0. The van der Waals surface area contributed by atoms with Gasteiger partial charge in [0.25, 0.3) is 5.91 Å². The average Bonchev–Trinajstić information content (AvgIpc) is 3.16. The van der Waals surface area contributed by atoms with E-state index in [9.17, 15) is 4.79 Å². The Bertz CT molecular complexity index is 732. The molecule has 2 aliphatic rings. The van der Waals surface area contributed by atoms with Crippen molar-refractivity contribution in [3.05, 3.63) is 70.8 Å². The van der Waals surface area contributed by atoms with Crippen LogP contribution in [0, 0.1) is 0 Å². The van der Waals surface area contributed by atoms with Crippen molar-refractivity contribution in [2.75, 3.05) is 13.1 Å². The van der Waals surface area contributed by atoms with Crippen molar-refractivity contribution in [3.8, 4) is 0 Å². The van der Waals surface area contributed by atoms with Crippen LogP contribution >= 0.6 is 0 Å². The molecule has 25 heavy (non-hydrogen) atoms. The van der Waals surface area contributed by atoms with Gasteiger partial charge >= 0.3 is 0 Å². The van der Waals surface area contributed by atoms with Crippen LogP contribution in [0.5, 0.6) is 0 Å². The van der Waals surface area contributed by atoms with E-state index < -0.39 is 0 Å². The number of hydrogen-bond acceptors (Lipinski definition) is 2. The van der Waals surface area contributed by atoms with Gasteiger partial charge in [-0.1, -0.05) is 36.4 Å². The molecule has 0 unspecified atom stereocenters. The maximum absolute atomic E-state index is 12.7. The van der Waals surface area contributed by atoms with Crippen LogP contribution in [0.4, 0.5) is 0 Å². The predicted octanol–water partition coefficient (Wildman–Crippen LogP) is 4.09. The van der Waals surface area contributed by atoms with Crippen molar-refractivity contribution < 1.29 is 4.79 Å². The highest BCUT2D eigenvalue weighted by atomic mass is 16.1.